The molecule has 1 unspecified atom stereocenters. The predicted octanol–water partition coefficient (Wildman–Crippen LogP) is 3.60. The van der Waals surface area contributed by atoms with Crippen LogP contribution in [-0.2, 0) is 11.3 Å². The standard InChI is InChI=1S/C20H30N4O3/c1-3-17(20-10-14-7-15(11-20)9-16(8-14)12-20)21-19(25)4-5-23-13(2)6-18(22-23)24(26)27/h6,14-17H,3-5,7-12H2,1-2H3,(H,21,25). The van der Waals surface area contributed by atoms with Crippen LogP contribution in [0.3, 0.4) is 0 Å². The van der Waals surface area contributed by atoms with Crippen LogP contribution < -0.4 is 5.32 Å². The molecule has 1 heterocycles. The van der Waals surface area contributed by atoms with Crippen LogP contribution in [0.2, 0.25) is 0 Å². The van der Waals surface area contributed by atoms with Gasteiger partial charge in [-0.25, -0.2) is 0 Å². The van der Waals surface area contributed by atoms with E-state index in [1.807, 2.05) is 0 Å². The molecule has 0 spiro atoms. The number of nitro groups is 1. The Balaban J connectivity index is 1.38. The third-order valence-electron chi connectivity index (χ3n) is 7.27. The highest BCUT2D eigenvalue weighted by molar-refractivity contribution is 5.76. The fraction of sp³-hybridized carbons (Fsp3) is 0.800. The van der Waals surface area contributed by atoms with Crippen LogP contribution in [0.4, 0.5) is 5.82 Å². The molecule has 148 valence electrons. The number of nitrogens with zero attached hydrogens (tertiary/aromatic N) is 3. The zero-order chi connectivity index (χ0) is 19.2. The van der Waals surface area contributed by atoms with Crippen LogP contribution in [0, 0.1) is 40.2 Å². The van der Waals surface area contributed by atoms with Crippen molar-refractivity contribution in [2.24, 2.45) is 23.2 Å². The molecule has 4 aliphatic rings. The van der Waals surface area contributed by atoms with Gasteiger partial charge in [-0.2, -0.15) is 4.68 Å². The van der Waals surface area contributed by atoms with Crippen molar-refractivity contribution in [1.82, 2.24) is 15.1 Å². The zero-order valence-corrected chi connectivity index (χ0v) is 16.3. The number of rotatable bonds is 7. The minimum atomic E-state index is -0.496. The lowest BCUT2D eigenvalue weighted by molar-refractivity contribution is -0.389. The van der Waals surface area contributed by atoms with Crippen molar-refractivity contribution >= 4 is 11.7 Å². The van der Waals surface area contributed by atoms with E-state index >= 15 is 0 Å². The lowest BCUT2D eigenvalue weighted by Gasteiger charge is -2.59. The van der Waals surface area contributed by atoms with Gasteiger partial charge in [0.2, 0.25) is 5.91 Å². The molecule has 4 bridgehead atoms. The molecule has 1 atom stereocenters. The van der Waals surface area contributed by atoms with Gasteiger partial charge in [0.1, 0.15) is 0 Å². The van der Waals surface area contributed by atoms with Crippen LogP contribution in [0.5, 0.6) is 0 Å². The summed E-state index contributed by atoms with van der Waals surface area (Å²) in [5.41, 5.74) is 1.02. The number of hydrogen-bond acceptors (Lipinski definition) is 4. The van der Waals surface area contributed by atoms with Gasteiger partial charge in [0.05, 0.1) is 23.4 Å². The van der Waals surface area contributed by atoms with Crippen LogP contribution in [0.15, 0.2) is 6.07 Å². The Bertz CT molecular complexity index is 706. The molecular formula is C20H30N4O3. The number of hydrogen-bond donors (Lipinski definition) is 1. The molecule has 0 aromatic carbocycles. The fourth-order valence-corrected chi connectivity index (χ4v) is 6.57. The zero-order valence-electron chi connectivity index (χ0n) is 16.3. The Morgan fingerprint density at radius 3 is 2.41 bits per heavy atom. The van der Waals surface area contributed by atoms with Gasteiger partial charge in [-0.05, 0) is 80.0 Å². The largest absolute Gasteiger partial charge is 0.390 e. The normalized spacial score (nSPS) is 32.4. The van der Waals surface area contributed by atoms with Crippen molar-refractivity contribution in [2.45, 2.75) is 77.8 Å². The summed E-state index contributed by atoms with van der Waals surface area (Å²) in [5.74, 6) is 2.49. The monoisotopic (exact) mass is 374 g/mol. The molecule has 4 saturated carbocycles. The van der Waals surface area contributed by atoms with Gasteiger partial charge in [0.25, 0.3) is 0 Å². The summed E-state index contributed by atoms with van der Waals surface area (Å²) in [5, 5.41) is 18.1. The molecule has 1 amide bonds. The Morgan fingerprint density at radius 2 is 1.93 bits per heavy atom. The lowest BCUT2D eigenvalue weighted by atomic mass is 9.47. The number of carbonyl (C=O) groups is 1. The van der Waals surface area contributed by atoms with E-state index in [9.17, 15) is 14.9 Å². The molecule has 4 fully saturated rings. The second-order valence-electron chi connectivity index (χ2n) is 9.18. The van der Waals surface area contributed by atoms with Gasteiger partial charge in [-0.15, -0.1) is 0 Å². The first-order valence-electron chi connectivity index (χ1n) is 10.4. The maximum atomic E-state index is 12.6. The van der Waals surface area contributed by atoms with Gasteiger partial charge in [-0.3, -0.25) is 4.79 Å². The van der Waals surface area contributed by atoms with E-state index in [-0.39, 0.29) is 17.8 Å². The van der Waals surface area contributed by atoms with Gasteiger partial charge < -0.3 is 15.4 Å². The Hall–Kier alpha value is -1.92. The Labute approximate surface area is 160 Å². The SMILES string of the molecule is CCC(NC(=O)CCn1nc([N+](=O)[O-])cc1C)C12CC3CC(CC(C3)C1)C2. The first kappa shape index (κ1) is 18.4. The van der Waals surface area contributed by atoms with Gasteiger partial charge in [0.15, 0.2) is 0 Å². The predicted molar refractivity (Wildman–Crippen MR) is 101 cm³/mol. The van der Waals surface area contributed by atoms with Crippen LogP contribution >= 0.6 is 0 Å². The van der Waals surface area contributed by atoms with Gasteiger partial charge >= 0.3 is 5.82 Å². The topological polar surface area (TPSA) is 90.1 Å². The maximum absolute atomic E-state index is 12.6. The Kier molecular flexibility index (Phi) is 4.72. The molecule has 7 nitrogen and oxygen atoms in total. The number of aromatic nitrogens is 2. The van der Waals surface area contributed by atoms with E-state index in [4.69, 9.17) is 0 Å². The quantitative estimate of drug-likeness (QED) is 0.583. The molecule has 1 aromatic heterocycles. The van der Waals surface area contributed by atoms with Crippen molar-refractivity contribution in [1.29, 1.82) is 0 Å². The molecule has 0 radical (unpaired) electrons. The highest BCUT2D eigenvalue weighted by Gasteiger charge is 2.53. The van der Waals surface area contributed by atoms with E-state index in [2.05, 4.69) is 17.3 Å². The molecule has 1 aromatic rings. The summed E-state index contributed by atoms with van der Waals surface area (Å²) in [7, 11) is 0. The highest BCUT2D eigenvalue weighted by Crippen LogP contribution is 2.61. The number of amides is 1. The summed E-state index contributed by atoms with van der Waals surface area (Å²) in [6.45, 7) is 4.34. The summed E-state index contributed by atoms with van der Waals surface area (Å²) in [4.78, 5) is 23.0. The maximum Gasteiger partial charge on any atom is 0.390 e. The van der Waals surface area contributed by atoms with Gasteiger partial charge in [0, 0.05) is 12.5 Å². The van der Waals surface area contributed by atoms with Crippen LogP contribution in [0.1, 0.15) is 64.0 Å². The average molecular weight is 374 g/mol. The summed E-state index contributed by atoms with van der Waals surface area (Å²) in [6, 6.07) is 1.70. The third-order valence-corrected chi connectivity index (χ3v) is 7.27. The molecule has 5 rings (SSSR count). The van der Waals surface area contributed by atoms with Crippen molar-refractivity contribution < 1.29 is 9.72 Å². The molecule has 0 saturated heterocycles. The smallest absolute Gasteiger partial charge is 0.358 e. The number of aryl methyl sites for hydroxylation is 2. The minimum absolute atomic E-state index is 0.0372. The average Bonchev–Trinajstić information content (AvgIpc) is 2.97. The van der Waals surface area contributed by atoms with E-state index in [0.717, 1.165) is 24.2 Å². The van der Waals surface area contributed by atoms with Gasteiger partial charge in [-0.1, -0.05) is 6.92 Å². The molecule has 27 heavy (non-hydrogen) atoms. The van der Waals surface area contributed by atoms with Crippen molar-refractivity contribution in [3.63, 3.8) is 0 Å². The van der Waals surface area contributed by atoms with E-state index in [0.29, 0.717) is 24.1 Å². The van der Waals surface area contributed by atoms with Crippen LogP contribution in [-0.4, -0.2) is 26.7 Å². The molecular weight excluding hydrogens is 344 g/mol. The van der Waals surface area contributed by atoms with E-state index in [1.54, 1.807) is 11.6 Å². The second kappa shape index (κ2) is 6.91. The van der Waals surface area contributed by atoms with E-state index < -0.39 is 4.92 Å². The third kappa shape index (κ3) is 3.48. The van der Waals surface area contributed by atoms with E-state index in [1.165, 1.54) is 44.6 Å². The molecule has 4 aliphatic carbocycles. The molecule has 1 N–H and O–H groups in total. The summed E-state index contributed by atoms with van der Waals surface area (Å²) in [6.07, 6.45) is 9.34. The van der Waals surface area contributed by atoms with Crippen molar-refractivity contribution in [3.8, 4) is 0 Å². The summed E-state index contributed by atoms with van der Waals surface area (Å²) < 4.78 is 1.56. The number of nitrogens with one attached hydrogen (secondary N) is 1. The fourth-order valence-electron chi connectivity index (χ4n) is 6.57. The second-order valence-corrected chi connectivity index (χ2v) is 9.18. The lowest BCUT2D eigenvalue weighted by Crippen LogP contribution is -2.56. The van der Waals surface area contributed by atoms with Crippen LogP contribution in [0.25, 0.3) is 0 Å². The van der Waals surface area contributed by atoms with Crippen molar-refractivity contribution in [2.75, 3.05) is 0 Å². The summed E-state index contributed by atoms with van der Waals surface area (Å²) >= 11 is 0. The first-order valence-corrected chi connectivity index (χ1v) is 10.4. The minimum Gasteiger partial charge on any atom is -0.358 e. The first-order chi connectivity index (χ1) is 12.9. The highest BCUT2D eigenvalue weighted by atomic mass is 16.6. The Morgan fingerprint density at radius 1 is 1.33 bits per heavy atom. The number of carbonyl (C=O) groups excluding carboxylic acids is 1. The molecule has 0 aliphatic heterocycles. The van der Waals surface area contributed by atoms with Crippen molar-refractivity contribution in [3.05, 3.63) is 21.9 Å². The molecule has 7 heteroatoms.